The molecule has 1 N–H and O–H groups in total. The van der Waals surface area contributed by atoms with Crippen molar-refractivity contribution in [2.75, 3.05) is 6.54 Å². The number of furan rings is 1. The number of pyridine rings is 2. The standard InChI is InChI=1S/C25H21F3N4O4S/c26-25(27,28)22-8-7-18(14-30-22)16-9-10-29-19(12-16)15-31-24(33)20-5-3-11-32(20)37(34,35)23-13-17-4-1-2-6-21(17)36-23/h1-2,4,6-10,12-14,20H,3,5,11,15H2,(H,31,33). The minimum absolute atomic E-state index is 0.00968. The Kier molecular flexibility index (Phi) is 6.46. The Balaban J connectivity index is 1.28. The molecular formula is C25H21F3N4O4S. The fraction of sp³-hybridized carbons (Fsp3) is 0.240. The van der Waals surface area contributed by atoms with Crippen molar-refractivity contribution in [1.82, 2.24) is 19.6 Å². The molecule has 1 amide bonds. The number of sulfonamides is 1. The number of hydrogen-bond donors (Lipinski definition) is 1. The molecule has 0 bridgehead atoms. The van der Waals surface area contributed by atoms with Crippen LogP contribution in [0.25, 0.3) is 22.1 Å². The van der Waals surface area contributed by atoms with Gasteiger partial charge in [-0.05, 0) is 42.7 Å². The van der Waals surface area contributed by atoms with E-state index in [4.69, 9.17) is 4.42 Å². The van der Waals surface area contributed by atoms with E-state index in [2.05, 4.69) is 15.3 Å². The molecule has 1 atom stereocenters. The summed E-state index contributed by atoms with van der Waals surface area (Å²) in [6.07, 6.45) is -1.05. The number of alkyl halides is 3. The number of halogens is 3. The van der Waals surface area contributed by atoms with Crippen molar-refractivity contribution >= 4 is 26.9 Å². The lowest BCUT2D eigenvalue weighted by molar-refractivity contribution is -0.141. The molecule has 1 fully saturated rings. The van der Waals surface area contributed by atoms with Gasteiger partial charge in [0.05, 0.1) is 12.2 Å². The summed E-state index contributed by atoms with van der Waals surface area (Å²) in [5.41, 5.74) is 0.944. The number of carbonyl (C=O) groups excluding carboxylic acids is 1. The molecular weight excluding hydrogens is 509 g/mol. The normalized spacial score (nSPS) is 16.8. The average molecular weight is 531 g/mol. The molecule has 192 valence electrons. The first-order chi connectivity index (χ1) is 17.6. The molecule has 8 nitrogen and oxygen atoms in total. The van der Waals surface area contributed by atoms with Gasteiger partial charge in [-0.15, -0.1) is 0 Å². The van der Waals surface area contributed by atoms with Crippen molar-refractivity contribution in [3.63, 3.8) is 0 Å². The maximum atomic E-state index is 13.2. The Hall–Kier alpha value is -3.77. The van der Waals surface area contributed by atoms with Crippen LogP contribution in [0.4, 0.5) is 13.2 Å². The van der Waals surface area contributed by atoms with Crippen LogP contribution in [0.3, 0.4) is 0 Å². The van der Waals surface area contributed by atoms with E-state index in [0.717, 1.165) is 16.6 Å². The number of nitrogens with zero attached hydrogens (tertiary/aromatic N) is 3. The third kappa shape index (κ3) is 5.07. The van der Waals surface area contributed by atoms with E-state index in [1.165, 1.54) is 18.3 Å². The number of amides is 1. The van der Waals surface area contributed by atoms with Gasteiger partial charge in [-0.3, -0.25) is 14.8 Å². The lowest BCUT2D eigenvalue weighted by atomic mass is 10.1. The second-order valence-electron chi connectivity index (χ2n) is 8.56. The van der Waals surface area contributed by atoms with Crippen LogP contribution in [0.1, 0.15) is 24.2 Å². The summed E-state index contributed by atoms with van der Waals surface area (Å²) in [6.45, 7) is 0.196. The summed E-state index contributed by atoms with van der Waals surface area (Å²) in [7, 11) is -4.03. The van der Waals surface area contributed by atoms with Gasteiger partial charge in [-0.2, -0.15) is 17.5 Å². The zero-order chi connectivity index (χ0) is 26.2. The van der Waals surface area contributed by atoms with Gasteiger partial charge in [0.2, 0.25) is 11.0 Å². The molecule has 0 spiro atoms. The van der Waals surface area contributed by atoms with Crippen molar-refractivity contribution in [3.05, 3.63) is 78.4 Å². The maximum Gasteiger partial charge on any atom is 0.433 e. The number of fused-ring (bicyclic) bond motifs is 1. The molecule has 0 aliphatic carbocycles. The van der Waals surface area contributed by atoms with Crippen molar-refractivity contribution in [3.8, 4) is 11.1 Å². The van der Waals surface area contributed by atoms with Gasteiger partial charge in [0, 0.05) is 36.0 Å². The predicted octanol–water partition coefficient (Wildman–Crippen LogP) is 4.38. The quantitative estimate of drug-likeness (QED) is 0.397. The van der Waals surface area contributed by atoms with Gasteiger partial charge in [0.25, 0.3) is 10.0 Å². The molecule has 1 saturated heterocycles. The highest BCUT2D eigenvalue weighted by Gasteiger charge is 2.41. The molecule has 4 heterocycles. The van der Waals surface area contributed by atoms with E-state index in [0.29, 0.717) is 40.6 Å². The minimum atomic E-state index is -4.53. The molecule has 1 aliphatic heterocycles. The van der Waals surface area contributed by atoms with Crippen LogP contribution in [0, 0.1) is 0 Å². The Morgan fingerprint density at radius 2 is 1.89 bits per heavy atom. The predicted molar refractivity (Wildman–Crippen MR) is 127 cm³/mol. The van der Waals surface area contributed by atoms with Crippen LogP contribution in [-0.4, -0.2) is 41.2 Å². The molecule has 1 unspecified atom stereocenters. The van der Waals surface area contributed by atoms with Crippen LogP contribution in [0.15, 0.2) is 76.5 Å². The molecule has 12 heteroatoms. The lowest BCUT2D eigenvalue weighted by Gasteiger charge is -2.22. The molecule has 5 rings (SSSR count). The van der Waals surface area contributed by atoms with Gasteiger partial charge < -0.3 is 9.73 Å². The number of carbonyl (C=O) groups is 1. The molecule has 1 aliphatic rings. The number of benzene rings is 1. The second kappa shape index (κ2) is 9.60. The van der Waals surface area contributed by atoms with Crippen LogP contribution in [0.5, 0.6) is 0 Å². The monoisotopic (exact) mass is 530 g/mol. The summed E-state index contributed by atoms with van der Waals surface area (Å²) in [4.78, 5) is 20.6. The number of aromatic nitrogens is 2. The van der Waals surface area contributed by atoms with E-state index >= 15 is 0 Å². The van der Waals surface area contributed by atoms with Crippen molar-refractivity contribution in [2.45, 2.75) is 36.7 Å². The maximum absolute atomic E-state index is 13.2. The van der Waals surface area contributed by atoms with E-state index in [1.54, 1.807) is 36.4 Å². The van der Waals surface area contributed by atoms with Crippen LogP contribution >= 0.6 is 0 Å². The minimum Gasteiger partial charge on any atom is -0.443 e. The average Bonchev–Trinajstić information content (AvgIpc) is 3.55. The van der Waals surface area contributed by atoms with E-state index in [1.807, 2.05) is 0 Å². The highest BCUT2D eigenvalue weighted by molar-refractivity contribution is 7.89. The smallest absolute Gasteiger partial charge is 0.433 e. The highest BCUT2D eigenvalue weighted by Crippen LogP contribution is 2.31. The van der Waals surface area contributed by atoms with Crippen LogP contribution < -0.4 is 5.32 Å². The third-order valence-corrected chi connectivity index (χ3v) is 7.88. The van der Waals surface area contributed by atoms with Crippen molar-refractivity contribution in [2.24, 2.45) is 0 Å². The number of hydrogen-bond acceptors (Lipinski definition) is 6. The number of para-hydroxylation sites is 1. The van der Waals surface area contributed by atoms with E-state index in [9.17, 15) is 26.4 Å². The summed E-state index contributed by atoms with van der Waals surface area (Å²) in [6, 6.07) is 12.9. The van der Waals surface area contributed by atoms with E-state index < -0.39 is 33.8 Å². The van der Waals surface area contributed by atoms with Gasteiger partial charge in [-0.25, -0.2) is 8.42 Å². The molecule has 4 aromatic rings. The van der Waals surface area contributed by atoms with Gasteiger partial charge in [-0.1, -0.05) is 24.3 Å². The summed E-state index contributed by atoms with van der Waals surface area (Å²) in [5.74, 6) is -0.472. The lowest BCUT2D eigenvalue weighted by Crippen LogP contribution is -2.45. The molecule has 3 aromatic heterocycles. The first-order valence-electron chi connectivity index (χ1n) is 11.4. The summed E-state index contributed by atoms with van der Waals surface area (Å²) >= 11 is 0. The van der Waals surface area contributed by atoms with Gasteiger partial charge in [0.1, 0.15) is 17.3 Å². The zero-order valence-electron chi connectivity index (χ0n) is 19.3. The fourth-order valence-electron chi connectivity index (χ4n) is 4.27. The first kappa shape index (κ1) is 24.9. The summed E-state index contributed by atoms with van der Waals surface area (Å²) < 4.78 is 71.5. The fourth-order valence-corrected chi connectivity index (χ4v) is 5.88. The molecule has 1 aromatic carbocycles. The van der Waals surface area contributed by atoms with Crippen molar-refractivity contribution in [1.29, 1.82) is 0 Å². The Morgan fingerprint density at radius 1 is 1.08 bits per heavy atom. The first-order valence-corrected chi connectivity index (χ1v) is 12.8. The van der Waals surface area contributed by atoms with Crippen LogP contribution in [-0.2, 0) is 27.5 Å². The Bertz CT molecular complexity index is 1520. The third-order valence-electron chi connectivity index (χ3n) is 6.12. The second-order valence-corrected chi connectivity index (χ2v) is 10.4. The van der Waals surface area contributed by atoms with Gasteiger partial charge in [0.15, 0.2) is 0 Å². The molecule has 37 heavy (non-hydrogen) atoms. The number of nitrogens with one attached hydrogen (secondary N) is 1. The van der Waals surface area contributed by atoms with Crippen LogP contribution in [0.2, 0.25) is 0 Å². The number of rotatable bonds is 6. The Morgan fingerprint density at radius 3 is 2.62 bits per heavy atom. The largest absolute Gasteiger partial charge is 0.443 e. The van der Waals surface area contributed by atoms with Gasteiger partial charge >= 0.3 is 6.18 Å². The Labute approximate surface area is 210 Å². The molecule has 0 saturated carbocycles. The topological polar surface area (TPSA) is 105 Å². The zero-order valence-corrected chi connectivity index (χ0v) is 20.1. The highest BCUT2D eigenvalue weighted by atomic mass is 32.2. The van der Waals surface area contributed by atoms with E-state index in [-0.39, 0.29) is 18.2 Å². The molecule has 0 radical (unpaired) electrons. The summed E-state index contributed by atoms with van der Waals surface area (Å²) in [5, 5.41) is 3.16. The van der Waals surface area contributed by atoms with Crippen molar-refractivity contribution < 1.29 is 30.8 Å². The SMILES string of the molecule is O=C(NCc1cc(-c2ccc(C(F)(F)F)nc2)ccn1)C1CCCN1S(=O)(=O)c1cc2ccccc2o1.